The van der Waals surface area contributed by atoms with Crippen molar-refractivity contribution in [1.82, 2.24) is 9.97 Å². The Bertz CT molecular complexity index is 772. The molecule has 2 heterocycles. The molecule has 0 aliphatic heterocycles. The monoisotopic (exact) mass is 241 g/mol. The van der Waals surface area contributed by atoms with Crippen LogP contribution < -0.4 is 11.3 Å². The summed E-state index contributed by atoms with van der Waals surface area (Å²) < 4.78 is 5.50. The summed E-state index contributed by atoms with van der Waals surface area (Å²) in [5.74, 6) is 0.709. The third-order valence-corrected chi connectivity index (χ3v) is 2.82. The van der Waals surface area contributed by atoms with Crippen LogP contribution in [0.3, 0.4) is 0 Å². The number of furan rings is 1. The Labute approximate surface area is 102 Å². The molecule has 0 bridgehead atoms. The lowest BCUT2D eigenvalue weighted by molar-refractivity contribution is 0.569. The van der Waals surface area contributed by atoms with Crippen LogP contribution in [0, 0.1) is 6.92 Å². The fraction of sp³-hybridized carbons (Fsp3) is 0.0769. The minimum absolute atomic E-state index is 0.0564. The van der Waals surface area contributed by atoms with E-state index in [1.165, 1.54) is 0 Å². The Kier molecular flexibility index (Phi) is 2.19. The van der Waals surface area contributed by atoms with Crippen LogP contribution >= 0.6 is 0 Å². The molecule has 2 aromatic heterocycles. The second-order valence-electron chi connectivity index (χ2n) is 4.03. The number of benzene rings is 1. The van der Waals surface area contributed by atoms with Gasteiger partial charge in [-0.3, -0.25) is 9.78 Å². The van der Waals surface area contributed by atoms with Crippen LogP contribution in [0.5, 0.6) is 0 Å². The number of aryl methyl sites for hydroxylation is 1. The van der Waals surface area contributed by atoms with Crippen LogP contribution in [0.2, 0.25) is 0 Å². The molecule has 0 fully saturated rings. The number of nitrogen functional groups attached to an aromatic ring is 1. The summed E-state index contributed by atoms with van der Waals surface area (Å²) in [6, 6.07) is 9.58. The van der Waals surface area contributed by atoms with E-state index in [0.29, 0.717) is 11.1 Å². The van der Waals surface area contributed by atoms with Gasteiger partial charge in [0.15, 0.2) is 0 Å². The van der Waals surface area contributed by atoms with Crippen molar-refractivity contribution < 1.29 is 4.42 Å². The molecule has 3 aromatic rings. The number of anilines is 1. The molecule has 0 radical (unpaired) electrons. The van der Waals surface area contributed by atoms with Crippen molar-refractivity contribution in [3.8, 4) is 11.1 Å². The van der Waals surface area contributed by atoms with Crippen molar-refractivity contribution in [3.63, 3.8) is 0 Å². The number of H-pyrrole nitrogens is 1. The third-order valence-electron chi connectivity index (χ3n) is 2.82. The summed E-state index contributed by atoms with van der Waals surface area (Å²) in [4.78, 5) is 18.5. The van der Waals surface area contributed by atoms with Crippen LogP contribution in [-0.4, -0.2) is 9.97 Å². The van der Waals surface area contributed by atoms with Crippen molar-refractivity contribution >= 4 is 17.0 Å². The van der Waals surface area contributed by atoms with Gasteiger partial charge in [0.1, 0.15) is 11.1 Å². The van der Waals surface area contributed by atoms with Gasteiger partial charge < -0.3 is 10.2 Å². The van der Waals surface area contributed by atoms with Crippen molar-refractivity contribution in [2.24, 2.45) is 0 Å². The van der Waals surface area contributed by atoms with E-state index >= 15 is 0 Å². The normalized spacial score (nSPS) is 10.9. The van der Waals surface area contributed by atoms with Gasteiger partial charge in [0, 0.05) is 5.56 Å². The van der Waals surface area contributed by atoms with E-state index in [1.807, 2.05) is 30.3 Å². The molecule has 90 valence electrons. The Morgan fingerprint density at radius 3 is 2.72 bits per heavy atom. The number of nitrogens with two attached hydrogens (primary N) is 1. The molecule has 5 heteroatoms. The molecule has 0 spiro atoms. The average Bonchev–Trinajstić information content (AvgIpc) is 2.66. The molecule has 3 N–H and O–H groups in total. The van der Waals surface area contributed by atoms with Gasteiger partial charge in [0.05, 0.1) is 0 Å². The highest BCUT2D eigenvalue weighted by molar-refractivity contribution is 5.93. The molecule has 0 aliphatic rings. The zero-order valence-corrected chi connectivity index (χ0v) is 9.73. The van der Waals surface area contributed by atoms with Crippen molar-refractivity contribution in [3.05, 3.63) is 46.4 Å². The summed E-state index contributed by atoms with van der Waals surface area (Å²) in [6.07, 6.45) is 0. The Morgan fingerprint density at radius 1 is 1.28 bits per heavy atom. The van der Waals surface area contributed by atoms with E-state index < -0.39 is 0 Å². The highest BCUT2D eigenvalue weighted by Crippen LogP contribution is 2.31. The molecule has 5 nitrogen and oxygen atoms in total. The second-order valence-corrected chi connectivity index (χ2v) is 4.03. The van der Waals surface area contributed by atoms with Gasteiger partial charge in [-0.1, -0.05) is 30.3 Å². The largest absolute Gasteiger partial charge is 0.442 e. The third kappa shape index (κ3) is 1.48. The molecule has 18 heavy (non-hydrogen) atoms. The summed E-state index contributed by atoms with van der Waals surface area (Å²) in [6.45, 7) is 1.81. The van der Waals surface area contributed by atoms with Crippen LogP contribution in [0.4, 0.5) is 5.95 Å². The van der Waals surface area contributed by atoms with E-state index in [-0.39, 0.29) is 17.2 Å². The predicted molar refractivity (Wildman–Crippen MR) is 69.2 cm³/mol. The maximum atomic E-state index is 12.0. The van der Waals surface area contributed by atoms with E-state index in [1.54, 1.807) is 6.92 Å². The molecular formula is C13H11N3O2. The smallest absolute Gasteiger partial charge is 0.264 e. The van der Waals surface area contributed by atoms with Gasteiger partial charge >= 0.3 is 0 Å². The zero-order valence-electron chi connectivity index (χ0n) is 9.73. The minimum atomic E-state index is -0.284. The lowest BCUT2D eigenvalue weighted by atomic mass is 10.0. The quantitative estimate of drug-likeness (QED) is 0.683. The summed E-state index contributed by atoms with van der Waals surface area (Å²) in [5.41, 5.74) is 7.17. The second kappa shape index (κ2) is 3.73. The Morgan fingerprint density at radius 2 is 2.00 bits per heavy atom. The van der Waals surface area contributed by atoms with Crippen LogP contribution in [0.25, 0.3) is 22.2 Å². The number of aromatic amines is 1. The van der Waals surface area contributed by atoms with Gasteiger partial charge in [-0.25, -0.2) is 0 Å². The van der Waals surface area contributed by atoms with Gasteiger partial charge in [0.25, 0.3) is 5.56 Å². The maximum absolute atomic E-state index is 12.0. The van der Waals surface area contributed by atoms with E-state index in [4.69, 9.17) is 10.2 Å². The first-order valence-electron chi connectivity index (χ1n) is 5.51. The Balaban J connectivity index is 2.44. The highest BCUT2D eigenvalue weighted by Gasteiger charge is 2.17. The van der Waals surface area contributed by atoms with Gasteiger partial charge in [-0.15, -0.1) is 0 Å². The highest BCUT2D eigenvalue weighted by atomic mass is 16.3. The fourth-order valence-corrected chi connectivity index (χ4v) is 2.09. The first kappa shape index (κ1) is 10.6. The maximum Gasteiger partial charge on any atom is 0.264 e. The molecule has 0 unspecified atom stereocenters. The first-order chi connectivity index (χ1) is 8.66. The Hall–Kier alpha value is -2.56. The van der Waals surface area contributed by atoms with Crippen LogP contribution in [-0.2, 0) is 0 Å². The number of rotatable bonds is 1. The lowest BCUT2D eigenvalue weighted by Gasteiger charge is -1.98. The number of nitrogens with zero attached hydrogens (tertiary/aromatic N) is 1. The number of fused-ring (bicyclic) bond motifs is 1. The van der Waals surface area contributed by atoms with E-state index in [0.717, 1.165) is 11.1 Å². The molecule has 1 aromatic carbocycles. The molecule has 3 rings (SSSR count). The molecule has 0 saturated heterocycles. The van der Waals surface area contributed by atoms with Crippen molar-refractivity contribution in [2.75, 3.05) is 5.73 Å². The standard InChI is InChI=1S/C13H11N3O2/c1-7-9(8-5-3-2-4-6-8)10-11(17)15-13(14)16-12(10)18-7/h2-6H,1H3,(H3,14,15,16,17). The van der Waals surface area contributed by atoms with Gasteiger partial charge in [-0.2, -0.15) is 4.98 Å². The molecular weight excluding hydrogens is 230 g/mol. The van der Waals surface area contributed by atoms with Crippen molar-refractivity contribution in [2.45, 2.75) is 6.92 Å². The first-order valence-corrected chi connectivity index (χ1v) is 5.51. The van der Waals surface area contributed by atoms with Crippen LogP contribution in [0.1, 0.15) is 5.76 Å². The SMILES string of the molecule is Cc1oc2nc(N)[nH]c(=O)c2c1-c1ccccc1. The molecule has 0 atom stereocenters. The van der Waals surface area contributed by atoms with E-state index in [9.17, 15) is 4.79 Å². The summed E-state index contributed by atoms with van der Waals surface area (Å²) >= 11 is 0. The van der Waals surface area contributed by atoms with Crippen molar-refractivity contribution in [1.29, 1.82) is 0 Å². The zero-order chi connectivity index (χ0) is 12.7. The average molecular weight is 241 g/mol. The minimum Gasteiger partial charge on any atom is -0.442 e. The molecule has 0 aliphatic carbocycles. The van der Waals surface area contributed by atoms with E-state index in [2.05, 4.69) is 9.97 Å². The predicted octanol–water partition coefficient (Wildman–Crippen LogP) is 2.07. The fourth-order valence-electron chi connectivity index (χ4n) is 2.09. The molecule has 0 amide bonds. The number of nitrogens with one attached hydrogen (secondary N) is 1. The van der Waals surface area contributed by atoms with Crippen LogP contribution in [0.15, 0.2) is 39.5 Å². The lowest BCUT2D eigenvalue weighted by Crippen LogP contribution is -2.10. The topological polar surface area (TPSA) is 84.9 Å². The number of hydrogen-bond acceptors (Lipinski definition) is 4. The number of hydrogen-bond donors (Lipinski definition) is 2. The molecule has 0 saturated carbocycles. The van der Waals surface area contributed by atoms with Gasteiger partial charge in [-0.05, 0) is 12.5 Å². The number of aromatic nitrogens is 2. The summed E-state index contributed by atoms with van der Waals surface area (Å²) in [7, 11) is 0. The van der Waals surface area contributed by atoms with Gasteiger partial charge in [0.2, 0.25) is 11.7 Å². The summed E-state index contributed by atoms with van der Waals surface area (Å²) in [5, 5.41) is 0.438.